The van der Waals surface area contributed by atoms with Crippen molar-refractivity contribution in [3.8, 4) is 6.07 Å². The van der Waals surface area contributed by atoms with E-state index in [1.54, 1.807) is 6.20 Å². The van der Waals surface area contributed by atoms with E-state index < -0.39 is 0 Å². The lowest BCUT2D eigenvalue weighted by Crippen LogP contribution is -2.36. The molecule has 3 aromatic rings. The first-order valence-corrected chi connectivity index (χ1v) is 9.65. The number of aromatic amines is 1. The molecule has 0 unspecified atom stereocenters. The highest BCUT2D eigenvalue weighted by Crippen LogP contribution is 2.48. The van der Waals surface area contributed by atoms with Crippen molar-refractivity contribution in [3.63, 3.8) is 0 Å². The van der Waals surface area contributed by atoms with Crippen LogP contribution in [0.15, 0.2) is 54.9 Å². The summed E-state index contributed by atoms with van der Waals surface area (Å²) >= 11 is 0. The van der Waals surface area contributed by atoms with Crippen LogP contribution in [0.4, 0.5) is 0 Å². The number of hydrogen-bond donors (Lipinski definition) is 1. The summed E-state index contributed by atoms with van der Waals surface area (Å²) in [6.07, 6.45) is 7.75. The van der Waals surface area contributed by atoms with Crippen LogP contribution in [-0.2, 0) is 4.79 Å². The Labute approximate surface area is 163 Å². The molecule has 2 aromatic heterocycles. The van der Waals surface area contributed by atoms with E-state index in [1.165, 1.54) is 11.1 Å². The Morgan fingerprint density at radius 3 is 2.86 bits per heavy atom. The molecular formula is C23H20N4O. The van der Waals surface area contributed by atoms with E-state index in [1.807, 2.05) is 41.4 Å². The van der Waals surface area contributed by atoms with Crippen LogP contribution in [-0.4, -0.2) is 33.9 Å². The maximum atomic E-state index is 12.9. The van der Waals surface area contributed by atoms with Crippen LogP contribution in [0.1, 0.15) is 35.4 Å². The number of carbonyl (C=O) groups is 1. The average molecular weight is 368 g/mol. The van der Waals surface area contributed by atoms with Gasteiger partial charge in [0, 0.05) is 42.4 Å². The molecule has 5 rings (SSSR count). The maximum Gasteiger partial charge on any atom is 0.226 e. The number of H-pyrrole nitrogens is 1. The number of nitriles is 1. The second kappa shape index (κ2) is 6.65. The van der Waals surface area contributed by atoms with Gasteiger partial charge < -0.3 is 9.88 Å². The third-order valence-electron chi connectivity index (χ3n) is 5.89. The maximum absolute atomic E-state index is 12.9. The molecule has 1 saturated carbocycles. The molecule has 1 aliphatic carbocycles. The van der Waals surface area contributed by atoms with Crippen molar-refractivity contribution in [2.75, 3.05) is 13.1 Å². The summed E-state index contributed by atoms with van der Waals surface area (Å²) < 4.78 is 0. The SMILES string of the molecule is N#Cc1ccc([C@@H]2C[C@H]2C(=O)N2CC=C(c3c[nH]c4ncccc34)CC2)cc1. The largest absolute Gasteiger partial charge is 0.346 e. The van der Waals surface area contributed by atoms with Crippen molar-refractivity contribution in [3.05, 3.63) is 71.6 Å². The van der Waals surface area contributed by atoms with Gasteiger partial charge in [-0.05, 0) is 54.2 Å². The number of benzene rings is 1. The van der Waals surface area contributed by atoms with Gasteiger partial charge in [-0.1, -0.05) is 18.2 Å². The quantitative estimate of drug-likeness (QED) is 0.763. The Balaban J connectivity index is 1.26. The van der Waals surface area contributed by atoms with Crippen molar-refractivity contribution < 1.29 is 4.79 Å². The molecule has 2 aliphatic rings. The Morgan fingerprint density at radius 1 is 1.25 bits per heavy atom. The molecule has 1 aromatic carbocycles. The van der Waals surface area contributed by atoms with Gasteiger partial charge in [0.2, 0.25) is 5.91 Å². The normalized spacial score (nSPS) is 21.2. The third kappa shape index (κ3) is 2.87. The molecular weight excluding hydrogens is 348 g/mol. The zero-order valence-electron chi connectivity index (χ0n) is 15.4. The number of fused-ring (bicyclic) bond motifs is 1. The van der Waals surface area contributed by atoms with Crippen molar-refractivity contribution in [1.82, 2.24) is 14.9 Å². The van der Waals surface area contributed by atoms with E-state index in [4.69, 9.17) is 5.26 Å². The highest BCUT2D eigenvalue weighted by Gasteiger charge is 2.45. The Morgan fingerprint density at radius 2 is 2.11 bits per heavy atom. The van der Waals surface area contributed by atoms with E-state index in [-0.39, 0.29) is 11.8 Å². The van der Waals surface area contributed by atoms with Gasteiger partial charge in [-0.25, -0.2) is 4.98 Å². The van der Waals surface area contributed by atoms with Gasteiger partial charge in [-0.2, -0.15) is 5.26 Å². The molecule has 138 valence electrons. The average Bonchev–Trinajstić information content (AvgIpc) is 3.45. The third-order valence-corrected chi connectivity index (χ3v) is 5.89. The van der Waals surface area contributed by atoms with Crippen molar-refractivity contribution in [2.45, 2.75) is 18.8 Å². The molecule has 0 saturated heterocycles. The molecule has 28 heavy (non-hydrogen) atoms. The summed E-state index contributed by atoms with van der Waals surface area (Å²) in [5.41, 5.74) is 5.20. The lowest BCUT2D eigenvalue weighted by molar-refractivity contribution is -0.132. The van der Waals surface area contributed by atoms with E-state index in [9.17, 15) is 4.79 Å². The number of nitrogens with one attached hydrogen (secondary N) is 1. The minimum atomic E-state index is 0.0835. The smallest absolute Gasteiger partial charge is 0.226 e. The fourth-order valence-electron chi connectivity index (χ4n) is 4.21. The zero-order valence-corrected chi connectivity index (χ0v) is 15.4. The second-order valence-electron chi connectivity index (χ2n) is 7.55. The Kier molecular flexibility index (Phi) is 3.98. The summed E-state index contributed by atoms with van der Waals surface area (Å²) in [4.78, 5) is 22.5. The van der Waals surface area contributed by atoms with Gasteiger partial charge in [0.15, 0.2) is 0 Å². The van der Waals surface area contributed by atoms with Crippen molar-refractivity contribution in [2.24, 2.45) is 5.92 Å². The lowest BCUT2D eigenvalue weighted by atomic mass is 9.99. The summed E-state index contributed by atoms with van der Waals surface area (Å²) in [5.74, 6) is 0.635. The fourth-order valence-corrected chi connectivity index (χ4v) is 4.21. The van der Waals surface area contributed by atoms with Crippen LogP contribution in [0.25, 0.3) is 16.6 Å². The molecule has 1 N–H and O–H groups in total. The predicted molar refractivity (Wildman–Crippen MR) is 107 cm³/mol. The van der Waals surface area contributed by atoms with Crippen LogP contribution in [0, 0.1) is 17.2 Å². The van der Waals surface area contributed by atoms with Gasteiger partial charge in [0.25, 0.3) is 0 Å². The fraction of sp³-hybridized carbons (Fsp3) is 0.261. The number of nitrogens with zero attached hydrogens (tertiary/aromatic N) is 3. The van der Waals surface area contributed by atoms with Crippen LogP contribution < -0.4 is 0 Å². The van der Waals surface area contributed by atoms with Crippen molar-refractivity contribution >= 4 is 22.5 Å². The summed E-state index contributed by atoms with van der Waals surface area (Å²) in [7, 11) is 0. The summed E-state index contributed by atoms with van der Waals surface area (Å²) in [5, 5.41) is 10.1. The van der Waals surface area contributed by atoms with E-state index in [0.29, 0.717) is 18.0 Å². The van der Waals surface area contributed by atoms with Crippen LogP contribution in [0.3, 0.4) is 0 Å². The van der Waals surface area contributed by atoms with E-state index in [0.717, 1.165) is 36.0 Å². The van der Waals surface area contributed by atoms with E-state index >= 15 is 0 Å². The zero-order chi connectivity index (χ0) is 19.1. The Hall–Kier alpha value is -3.39. The molecule has 1 fully saturated rings. The highest BCUT2D eigenvalue weighted by molar-refractivity contribution is 5.91. The summed E-state index contributed by atoms with van der Waals surface area (Å²) in [6, 6.07) is 13.8. The molecule has 2 atom stereocenters. The molecule has 0 radical (unpaired) electrons. The molecule has 1 amide bonds. The first kappa shape index (κ1) is 16.8. The minimum absolute atomic E-state index is 0.0835. The van der Waals surface area contributed by atoms with Gasteiger partial charge >= 0.3 is 0 Å². The number of pyridine rings is 1. The predicted octanol–water partition coefficient (Wildman–Crippen LogP) is 3.85. The molecule has 1 aliphatic heterocycles. The second-order valence-corrected chi connectivity index (χ2v) is 7.55. The van der Waals surface area contributed by atoms with Gasteiger partial charge in [0.1, 0.15) is 5.65 Å². The van der Waals surface area contributed by atoms with Gasteiger partial charge in [0.05, 0.1) is 11.6 Å². The number of hydrogen-bond acceptors (Lipinski definition) is 3. The number of rotatable bonds is 3. The number of carbonyl (C=O) groups excluding carboxylic acids is 1. The first-order chi connectivity index (χ1) is 13.7. The van der Waals surface area contributed by atoms with Crippen LogP contribution in [0.2, 0.25) is 0 Å². The van der Waals surface area contributed by atoms with Crippen molar-refractivity contribution in [1.29, 1.82) is 5.26 Å². The topological polar surface area (TPSA) is 72.8 Å². The monoisotopic (exact) mass is 368 g/mol. The summed E-state index contributed by atoms with van der Waals surface area (Å²) in [6.45, 7) is 1.42. The first-order valence-electron chi connectivity index (χ1n) is 9.65. The minimum Gasteiger partial charge on any atom is -0.346 e. The van der Waals surface area contributed by atoms with Gasteiger partial charge in [-0.3, -0.25) is 4.79 Å². The molecule has 0 bridgehead atoms. The van der Waals surface area contributed by atoms with Crippen LogP contribution >= 0.6 is 0 Å². The molecule has 5 nitrogen and oxygen atoms in total. The van der Waals surface area contributed by atoms with Gasteiger partial charge in [-0.15, -0.1) is 0 Å². The Bertz CT molecular complexity index is 1120. The lowest BCUT2D eigenvalue weighted by Gasteiger charge is -2.27. The highest BCUT2D eigenvalue weighted by atomic mass is 16.2. The van der Waals surface area contributed by atoms with E-state index in [2.05, 4.69) is 28.2 Å². The molecule has 0 spiro atoms. The number of aromatic nitrogens is 2. The van der Waals surface area contributed by atoms with Crippen LogP contribution in [0.5, 0.6) is 0 Å². The standard InChI is InChI=1S/C23H20N4O/c24-13-15-3-5-16(6-4-15)19-12-20(19)23(28)27-10-7-17(8-11-27)21-14-26-22-18(21)2-1-9-25-22/h1-7,9,14,19-20H,8,10-12H2,(H,25,26)/t19-,20+/m0/s1. The molecule has 3 heterocycles. The number of amides is 1. The molecule has 5 heteroatoms.